The first-order chi connectivity index (χ1) is 17.5. The number of hydrogen-bond donors (Lipinski definition) is 3. The van der Waals surface area contributed by atoms with Gasteiger partial charge in [-0.25, -0.2) is 0 Å². The molecule has 36 heavy (non-hydrogen) atoms. The molecule has 212 valence electrons. The lowest BCUT2D eigenvalue weighted by atomic mass is 9.97. The van der Waals surface area contributed by atoms with Crippen LogP contribution in [-0.2, 0) is 18.9 Å². The zero-order valence-electron chi connectivity index (χ0n) is 22.6. The highest BCUT2D eigenvalue weighted by molar-refractivity contribution is 4.92. The highest BCUT2D eigenvalue weighted by Crippen LogP contribution is 2.21. The number of nitrogens with two attached hydrogens (primary N) is 1. The lowest BCUT2D eigenvalue weighted by Crippen LogP contribution is -2.62. The van der Waals surface area contributed by atoms with Gasteiger partial charge in [0.2, 0.25) is 0 Å². The second kappa shape index (κ2) is 22.1. The van der Waals surface area contributed by atoms with Gasteiger partial charge < -0.3 is 34.9 Å². The average molecular weight is 517 g/mol. The smallest absolute Gasteiger partial charge is 0.175 e. The number of rotatable bonds is 23. The fraction of sp³-hybridized carbons (Fsp3) is 1.00. The Kier molecular flexibility index (Phi) is 20.3. The molecule has 1 rings (SSSR count). The van der Waals surface area contributed by atoms with Gasteiger partial charge >= 0.3 is 0 Å². The maximum atomic E-state index is 10.1. The average Bonchev–Trinajstić information content (AvgIpc) is 2.89. The SMILES string of the molecule is CCCCCCCCCCCCCCCCOC[C@H](CO[C@@H]1O[C@H](CN=[N+]=[N-])[C@@H](O)[C@H](O)[C@H]1N)OC. The van der Waals surface area contributed by atoms with Crippen LogP contribution >= 0.6 is 0 Å². The van der Waals surface area contributed by atoms with E-state index < -0.39 is 30.6 Å². The highest BCUT2D eigenvalue weighted by atomic mass is 16.7. The van der Waals surface area contributed by atoms with Crippen LogP contribution in [0.25, 0.3) is 10.4 Å². The van der Waals surface area contributed by atoms with Gasteiger partial charge in [0.1, 0.15) is 18.3 Å². The molecule has 1 aliphatic heterocycles. The molecule has 1 aliphatic rings. The maximum absolute atomic E-state index is 10.1. The van der Waals surface area contributed by atoms with Crippen molar-refractivity contribution in [2.45, 2.75) is 134 Å². The molecular formula is C26H52N4O6. The fourth-order valence-corrected chi connectivity index (χ4v) is 4.37. The molecule has 0 aromatic rings. The van der Waals surface area contributed by atoms with Crippen LogP contribution in [0.4, 0.5) is 0 Å². The Labute approximate surface area is 217 Å². The van der Waals surface area contributed by atoms with E-state index in [9.17, 15) is 10.2 Å². The van der Waals surface area contributed by atoms with Crippen molar-refractivity contribution in [1.29, 1.82) is 0 Å². The molecule has 4 N–H and O–H groups in total. The van der Waals surface area contributed by atoms with Gasteiger partial charge in [0.05, 0.1) is 31.9 Å². The molecule has 0 unspecified atom stereocenters. The van der Waals surface area contributed by atoms with Crippen molar-refractivity contribution in [2.75, 3.05) is 33.5 Å². The van der Waals surface area contributed by atoms with Gasteiger partial charge in [0, 0.05) is 18.6 Å². The Morgan fingerprint density at radius 2 is 1.44 bits per heavy atom. The van der Waals surface area contributed by atoms with Crippen LogP contribution in [0.5, 0.6) is 0 Å². The van der Waals surface area contributed by atoms with E-state index in [-0.39, 0.29) is 19.3 Å². The monoisotopic (exact) mass is 516 g/mol. The largest absolute Gasteiger partial charge is 0.388 e. The number of aliphatic hydroxyl groups excluding tert-OH is 2. The summed E-state index contributed by atoms with van der Waals surface area (Å²) < 4.78 is 22.5. The molecule has 0 aromatic heterocycles. The van der Waals surface area contributed by atoms with Crippen LogP contribution in [0.3, 0.4) is 0 Å². The van der Waals surface area contributed by atoms with Crippen molar-refractivity contribution in [1.82, 2.24) is 0 Å². The number of aliphatic hydroxyl groups is 2. The molecule has 1 fully saturated rings. The summed E-state index contributed by atoms with van der Waals surface area (Å²) in [7, 11) is 1.58. The van der Waals surface area contributed by atoms with Gasteiger partial charge in [0.15, 0.2) is 6.29 Å². The van der Waals surface area contributed by atoms with Crippen LogP contribution in [-0.4, -0.2) is 80.4 Å². The van der Waals surface area contributed by atoms with E-state index in [0.717, 1.165) is 6.42 Å². The molecule has 10 nitrogen and oxygen atoms in total. The van der Waals surface area contributed by atoms with Crippen LogP contribution in [0.1, 0.15) is 96.8 Å². The van der Waals surface area contributed by atoms with Gasteiger partial charge in [-0.3, -0.25) is 0 Å². The lowest BCUT2D eigenvalue weighted by molar-refractivity contribution is -0.263. The topological polar surface area (TPSA) is 152 Å². The fourth-order valence-electron chi connectivity index (χ4n) is 4.37. The van der Waals surface area contributed by atoms with E-state index in [0.29, 0.717) is 13.2 Å². The predicted octanol–water partition coefficient (Wildman–Crippen LogP) is 4.60. The van der Waals surface area contributed by atoms with Crippen molar-refractivity contribution in [3.63, 3.8) is 0 Å². The molecule has 1 saturated heterocycles. The Bertz CT molecular complexity index is 567. The number of methoxy groups -OCH3 is 1. The minimum Gasteiger partial charge on any atom is -0.388 e. The van der Waals surface area contributed by atoms with E-state index in [1.54, 1.807) is 7.11 Å². The molecule has 0 bridgehead atoms. The number of ether oxygens (including phenoxy) is 4. The second-order valence-corrected chi connectivity index (χ2v) is 9.88. The molecule has 0 amide bonds. The molecule has 6 atom stereocenters. The molecule has 1 heterocycles. The standard InChI is InChI=1S/C26H52N4O6/c1-3-4-5-6-7-8-9-10-11-12-13-14-15-16-17-34-19-21(33-2)20-35-26-23(27)25(32)24(31)22(36-26)18-29-30-28/h21-26,31-32H,3-20,27H2,1-2H3/t21-,22-,23-,24-,25-,26-/m1/s1. The van der Waals surface area contributed by atoms with Crippen molar-refractivity contribution in [2.24, 2.45) is 10.8 Å². The van der Waals surface area contributed by atoms with Gasteiger partial charge in [0.25, 0.3) is 0 Å². The van der Waals surface area contributed by atoms with Crippen LogP contribution in [0.15, 0.2) is 5.11 Å². The first-order valence-electron chi connectivity index (χ1n) is 14.0. The molecule has 0 saturated carbocycles. The molecule has 0 aliphatic carbocycles. The zero-order chi connectivity index (χ0) is 26.4. The molecular weight excluding hydrogens is 464 g/mol. The number of unbranched alkanes of at least 4 members (excludes halogenated alkanes) is 13. The summed E-state index contributed by atoms with van der Waals surface area (Å²) in [5.74, 6) is 0. The van der Waals surface area contributed by atoms with Crippen molar-refractivity contribution in [3.8, 4) is 0 Å². The quantitative estimate of drug-likeness (QED) is 0.0776. The van der Waals surface area contributed by atoms with Crippen molar-refractivity contribution in [3.05, 3.63) is 10.4 Å². The highest BCUT2D eigenvalue weighted by Gasteiger charge is 2.43. The van der Waals surface area contributed by atoms with E-state index in [2.05, 4.69) is 16.9 Å². The van der Waals surface area contributed by atoms with Gasteiger partial charge in [-0.15, -0.1) is 0 Å². The first kappa shape index (κ1) is 33.1. The number of nitrogens with zero attached hydrogens (tertiary/aromatic N) is 3. The third-order valence-electron chi connectivity index (χ3n) is 6.80. The molecule has 10 heteroatoms. The zero-order valence-corrected chi connectivity index (χ0v) is 22.6. The van der Waals surface area contributed by atoms with E-state index in [1.807, 2.05) is 0 Å². The van der Waals surface area contributed by atoms with Crippen molar-refractivity contribution >= 4 is 0 Å². The molecule has 0 spiro atoms. The van der Waals surface area contributed by atoms with Crippen LogP contribution < -0.4 is 5.73 Å². The van der Waals surface area contributed by atoms with Gasteiger partial charge in [-0.05, 0) is 12.0 Å². The molecule has 0 radical (unpaired) electrons. The summed E-state index contributed by atoms with van der Waals surface area (Å²) in [6.45, 7) is 3.35. The van der Waals surface area contributed by atoms with Crippen LogP contribution in [0.2, 0.25) is 0 Å². The van der Waals surface area contributed by atoms with Gasteiger partial charge in [-0.1, -0.05) is 95.5 Å². The number of hydrogen-bond acceptors (Lipinski definition) is 8. The summed E-state index contributed by atoms with van der Waals surface area (Å²) in [5.41, 5.74) is 14.4. The minimum absolute atomic E-state index is 0.128. The predicted molar refractivity (Wildman–Crippen MR) is 141 cm³/mol. The number of azide groups is 1. The Morgan fingerprint density at radius 3 is 1.97 bits per heavy atom. The first-order valence-corrected chi connectivity index (χ1v) is 14.0. The van der Waals surface area contributed by atoms with Crippen LogP contribution in [0, 0.1) is 0 Å². The maximum Gasteiger partial charge on any atom is 0.175 e. The van der Waals surface area contributed by atoms with E-state index >= 15 is 0 Å². The third-order valence-corrected chi connectivity index (χ3v) is 6.80. The van der Waals surface area contributed by atoms with E-state index in [1.165, 1.54) is 83.5 Å². The summed E-state index contributed by atoms with van der Waals surface area (Å²) >= 11 is 0. The second-order valence-electron chi connectivity index (χ2n) is 9.88. The summed E-state index contributed by atoms with van der Waals surface area (Å²) in [4.78, 5) is 2.66. The Hall–Kier alpha value is -0.970. The normalized spacial score (nSPS) is 25.0. The summed E-state index contributed by atoms with van der Waals surface area (Å²) in [5, 5.41) is 23.6. The minimum atomic E-state index is -1.25. The summed E-state index contributed by atoms with van der Waals surface area (Å²) in [6.07, 6.45) is 13.9. The van der Waals surface area contributed by atoms with Crippen molar-refractivity contribution < 1.29 is 29.2 Å². The third kappa shape index (κ3) is 14.7. The van der Waals surface area contributed by atoms with Gasteiger partial charge in [-0.2, -0.15) is 0 Å². The lowest BCUT2D eigenvalue weighted by Gasteiger charge is -2.40. The Morgan fingerprint density at radius 1 is 0.889 bits per heavy atom. The molecule has 0 aromatic carbocycles. The van der Waals surface area contributed by atoms with E-state index in [4.69, 9.17) is 30.2 Å². The Balaban J connectivity index is 2.04. The summed E-state index contributed by atoms with van der Waals surface area (Å²) in [6, 6.07) is -0.934.